The number of Topliss-reactive ketones (excluding diaryl/α,β-unsaturated/α-hetero) is 1. The number of phenolic OH excluding ortho intramolecular Hbond substituents is 1. The van der Waals surface area contributed by atoms with E-state index >= 15 is 9.59 Å². The van der Waals surface area contributed by atoms with Crippen LogP contribution in [0.1, 0.15) is 52.1 Å². The van der Waals surface area contributed by atoms with E-state index in [0.29, 0.717) is 34.4 Å². The number of imide groups is 1. The first-order chi connectivity index (χ1) is 24.2. The first kappa shape index (κ1) is 31.6. The topological polar surface area (TPSA) is 91.8 Å². The van der Waals surface area contributed by atoms with Crippen molar-refractivity contribution in [1.82, 2.24) is 0 Å². The molecule has 0 aromatic heterocycles. The monoisotopic (exact) mass is 659 g/mol. The molecule has 3 aliphatic carbocycles. The van der Waals surface area contributed by atoms with Crippen LogP contribution in [-0.2, 0) is 24.6 Å². The summed E-state index contributed by atoms with van der Waals surface area (Å²) in [5.41, 5.74) is 4.86. The van der Waals surface area contributed by atoms with E-state index < -0.39 is 35.0 Å². The van der Waals surface area contributed by atoms with Crippen LogP contribution in [0.25, 0.3) is 11.6 Å². The lowest BCUT2D eigenvalue weighted by Gasteiger charge is -2.55. The first-order valence-electron chi connectivity index (χ1n) is 17.2. The van der Waals surface area contributed by atoms with E-state index in [-0.39, 0.29) is 35.6 Å². The number of ketones is 2. The molecule has 50 heavy (non-hydrogen) atoms. The van der Waals surface area contributed by atoms with Gasteiger partial charge in [0.05, 0.1) is 22.9 Å². The van der Waals surface area contributed by atoms with Crippen LogP contribution in [0, 0.1) is 37.5 Å². The molecule has 248 valence electrons. The number of fused-ring (bicyclic) bond motifs is 4. The van der Waals surface area contributed by atoms with E-state index in [2.05, 4.69) is 12.7 Å². The van der Waals surface area contributed by atoms with Crippen LogP contribution in [0.2, 0.25) is 0 Å². The zero-order valence-corrected chi connectivity index (χ0v) is 28.0. The predicted octanol–water partition coefficient (Wildman–Crippen LogP) is 7.68. The molecule has 6 nitrogen and oxygen atoms in total. The maximum absolute atomic E-state index is 15.2. The largest absolute Gasteiger partial charge is 0.507 e. The molecule has 0 spiro atoms. The molecule has 4 aliphatic rings. The van der Waals surface area contributed by atoms with Crippen LogP contribution in [0.4, 0.5) is 5.69 Å². The van der Waals surface area contributed by atoms with Gasteiger partial charge < -0.3 is 5.11 Å². The summed E-state index contributed by atoms with van der Waals surface area (Å²) in [5, 5.41) is 10.8. The van der Waals surface area contributed by atoms with E-state index in [0.717, 1.165) is 22.3 Å². The Morgan fingerprint density at radius 2 is 1.46 bits per heavy atom. The number of nitrogens with zero attached hydrogens (tertiary/aromatic N) is 1. The lowest BCUT2D eigenvalue weighted by atomic mass is 9.44. The fraction of sp³-hybridized carbons (Fsp3) is 0.227. The fourth-order valence-electron chi connectivity index (χ4n) is 9.42. The number of aromatic hydroxyl groups is 1. The van der Waals surface area contributed by atoms with Crippen molar-refractivity contribution in [2.24, 2.45) is 23.7 Å². The number of carbonyl (C=O) groups excluding carboxylic acids is 4. The summed E-state index contributed by atoms with van der Waals surface area (Å²) in [6, 6.07) is 29.8. The van der Waals surface area contributed by atoms with Gasteiger partial charge in [0.2, 0.25) is 11.8 Å². The molecule has 1 saturated heterocycles. The molecule has 2 fully saturated rings. The van der Waals surface area contributed by atoms with Crippen LogP contribution in [0.3, 0.4) is 0 Å². The third-order valence-electron chi connectivity index (χ3n) is 11.6. The second kappa shape index (κ2) is 11.8. The van der Waals surface area contributed by atoms with E-state index in [1.165, 1.54) is 11.0 Å². The van der Waals surface area contributed by atoms with Crippen LogP contribution in [0.15, 0.2) is 121 Å². The van der Waals surface area contributed by atoms with Gasteiger partial charge in [-0.2, -0.15) is 0 Å². The van der Waals surface area contributed by atoms with Gasteiger partial charge in [0.1, 0.15) is 5.75 Å². The van der Waals surface area contributed by atoms with Gasteiger partial charge in [0, 0.05) is 17.4 Å². The molecular weight excluding hydrogens is 622 g/mol. The number of aryl methyl sites for hydroxylation is 2. The third-order valence-corrected chi connectivity index (χ3v) is 11.6. The average molecular weight is 660 g/mol. The number of phenols is 1. The Morgan fingerprint density at radius 1 is 0.820 bits per heavy atom. The summed E-state index contributed by atoms with van der Waals surface area (Å²) in [6.07, 6.45) is 5.89. The Hall–Kier alpha value is -5.62. The van der Waals surface area contributed by atoms with Gasteiger partial charge in [-0.15, -0.1) is 0 Å². The fourth-order valence-corrected chi connectivity index (χ4v) is 9.42. The summed E-state index contributed by atoms with van der Waals surface area (Å²) < 4.78 is 0. The van der Waals surface area contributed by atoms with Crippen LogP contribution in [-0.4, -0.2) is 28.5 Å². The zero-order chi connectivity index (χ0) is 34.9. The summed E-state index contributed by atoms with van der Waals surface area (Å²) in [4.78, 5) is 60.2. The minimum absolute atomic E-state index is 0.147. The molecule has 6 unspecified atom stereocenters. The number of anilines is 1. The van der Waals surface area contributed by atoms with Gasteiger partial charge in [-0.25, -0.2) is 0 Å². The van der Waals surface area contributed by atoms with E-state index in [9.17, 15) is 14.7 Å². The molecule has 4 aromatic rings. The Labute approximate surface area is 291 Å². The minimum Gasteiger partial charge on any atom is -0.507 e. The van der Waals surface area contributed by atoms with Gasteiger partial charge in [-0.3, -0.25) is 24.1 Å². The molecule has 2 amide bonds. The highest BCUT2D eigenvalue weighted by Gasteiger charge is 2.66. The van der Waals surface area contributed by atoms with Crippen molar-refractivity contribution >= 4 is 40.7 Å². The molecule has 4 aromatic carbocycles. The normalized spacial score (nSPS) is 27.2. The van der Waals surface area contributed by atoms with Gasteiger partial charge >= 0.3 is 0 Å². The SMILES string of the molecule is C=Cc1ccc(N2C(=O)C3CC=C4C(CC5C(=O)C(c6ccccc6)=CC(=O)C5(c5ccccc5)C4c4cc(C)c(O)c(C)c4)C3C2=O)cc1. The molecule has 8 rings (SSSR count). The van der Waals surface area contributed by atoms with Crippen molar-refractivity contribution in [2.75, 3.05) is 4.90 Å². The van der Waals surface area contributed by atoms with Gasteiger partial charge in [-0.05, 0) is 84.2 Å². The van der Waals surface area contributed by atoms with Crippen molar-refractivity contribution in [3.8, 4) is 5.75 Å². The molecule has 1 heterocycles. The van der Waals surface area contributed by atoms with E-state index in [1.54, 1.807) is 18.2 Å². The molecule has 0 bridgehead atoms. The summed E-state index contributed by atoms with van der Waals surface area (Å²) in [5.74, 6) is -3.83. The molecule has 1 aliphatic heterocycles. The molecule has 6 heteroatoms. The number of carbonyl (C=O) groups is 4. The Kier molecular flexibility index (Phi) is 7.44. The zero-order valence-electron chi connectivity index (χ0n) is 28.0. The smallest absolute Gasteiger partial charge is 0.238 e. The van der Waals surface area contributed by atoms with Crippen molar-refractivity contribution in [3.63, 3.8) is 0 Å². The molecule has 1 saturated carbocycles. The van der Waals surface area contributed by atoms with Crippen molar-refractivity contribution in [2.45, 2.75) is 38.0 Å². The number of hydrogen-bond acceptors (Lipinski definition) is 5. The quantitative estimate of drug-likeness (QED) is 0.175. The minimum atomic E-state index is -1.31. The summed E-state index contributed by atoms with van der Waals surface area (Å²) in [6.45, 7) is 7.48. The maximum atomic E-state index is 15.2. The van der Waals surface area contributed by atoms with Gasteiger partial charge in [0.25, 0.3) is 0 Å². The van der Waals surface area contributed by atoms with Crippen molar-refractivity contribution < 1.29 is 24.3 Å². The maximum Gasteiger partial charge on any atom is 0.238 e. The number of rotatable bonds is 5. The average Bonchev–Trinajstić information content (AvgIpc) is 3.40. The Bertz CT molecular complexity index is 2140. The lowest BCUT2D eigenvalue weighted by Crippen LogP contribution is -2.58. The Balaban J connectivity index is 1.36. The number of amides is 2. The number of benzene rings is 4. The highest BCUT2D eigenvalue weighted by molar-refractivity contribution is 6.32. The Morgan fingerprint density at radius 3 is 2.10 bits per heavy atom. The summed E-state index contributed by atoms with van der Waals surface area (Å²) >= 11 is 0. The lowest BCUT2D eigenvalue weighted by molar-refractivity contribution is -0.135. The number of allylic oxidation sites excluding steroid dienone is 4. The standard InChI is InChI=1S/C44H37NO5/c1-4-27-15-17-31(18-16-27)45-42(49)33-20-19-32-35(38(33)43(45)50)23-36-41(48)34(28-11-7-5-8-12-28)24-37(46)44(36,30-13-9-6-10-14-30)39(32)29-21-25(2)40(47)26(3)22-29/h4-19,21-22,24,33,35-36,38-39,47H,1,20,23H2,2-3H3. The van der Waals surface area contributed by atoms with E-state index in [4.69, 9.17) is 0 Å². The molecular formula is C44H37NO5. The molecule has 0 radical (unpaired) electrons. The summed E-state index contributed by atoms with van der Waals surface area (Å²) in [7, 11) is 0. The number of hydrogen-bond donors (Lipinski definition) is 1. The second-order valence-electron chi connectivity index (χ2n) is 14.1. The highest BCUT2D eigenvalue weighted by atomic mass is 16.3. The third kappa shape index (κ3) is 4.47. The highest BCUT2D eigenvalue weighted by Crippen LogP contribution is 2.64. The van der Waals surface area contributed by atoms with E-state index in [1.807, 2.05) is 98.8 Å². The van der Waals surface area contributed by atoms with Crippen LogP contribution >= 0.6 is 0 Å². The predicted molar refractivity (Wildman–Crippen MR) is 193 cm³/mol. The second-order valence-corrected chi connectivity index (χ2v) is 14.1. The van der Waals surface area contributed by atoms with Crippen LogP contribution < -0.4 is 4.90 Å². The van der Waals surface area contributed by atoms with Crippen molar-refractivity contribution in [3.05, 3.63) is 155 Å². The molecule has 1 N–H and O–H groups in total. The molecule has 6 atom stereocenters. The first-order valence-corrected chi connectivity index (χ1v) is 17.2. The van der Waals surface area contributed by atoms with Crippen LogP contribution in [0.5, 0.6) is 5.75 Å². The van der Waals surface area contributed by atoms with Crippen molar-refractivity contribution in [1.29, 1.82) is 0 Å². The van der Waals surface area contributed by atoms with Gasteiger partial charge in [-0.1, -0.05) is 109 Å². The van der Waals surface area contributed by atoms with Gasteiger partial charge in [0.15, 0.2) is 11.6 Å².